The van der Waals surface area contributed by atoms with Crippen LogP contribution >= 0.6 is 0 Å². The molecule has 0 saturated heterocycles. The molecule has 1 aromatic carbocycles. The minimum atomic E-state index is -0.197. The summed E-state index contributed by atoms with van der Waals surface area (Å²) < 4.78 is 12.4. The Kier molecular flexibility index (Phi) is 4.84. The predicted molar refractivity (Wildman–Crippen MR) is 100 cm³/mol. The molecule has 0 aliphatic carbocycles. The number of aromatic nitrogens is 2. The maximum atomic E-state index is 12.9. The topological polar surface area (TPSA) is 64.9 Å². The van der Waals surface area contributed by atoms with Crippen molar-refractivity contribution in [3.63, 3.8) is 0 Å². The molecule has 2 aromatic heterocycles. The first kappa shape index (κ1) is 17.8. The molecule has 1 N–H and O–H groups in total. The number of amides is 1. The lowest BCUT2D eigenvalue weighted by atomic mass is 10.1. The summed E-state index contributed by atoms with van der Waals surface area (Å²) in [7, 11) is 3.19. The number of pyridine rings is 1. The highest BCUT2D eigenvalue weighted by Gasteiger charge is 2.19. The van der Waals surface area contributed by atoms with Gasteiger partial charge in [0, 0.05) is 6.20 Å². The van der Waals surface area contributed by atoms with Crippen LogP contribution in [-0.4, -0.2) is 29.5 Å². The molecule has 0 saturated carbocycles. The Morgan fingerprint density at radius 2 is 1.85 bits per heavy atom. The number of nitrogens with zero attached hydrogens (tertiary/aromatic N) is 2. The first-order chi connectivity index (χ1) is 12.4. The van der Waals surface area contributed by atoms with Crippen LogP contribution in [0, 0.1) is 13.8 Å². The molecule has 1 amide bonds. The Balaban J connectivity index is 1.88. The van der Waals surface area contributed by atoms with Crippen LogP contribution in [0.4, 0.5) is 0 Å². The highest BCUT2D eigenvalue weighted by Crippen LogP contribution is 2.30. The molecular formula is C20H23N3O3. The maximum Gasteiger partial charge on any atom is 0.270 e. The number of benzene rings is 1. The first-order valence-corrected chi connectivity index (χ1v) is 8.42. The summed E-state index contributed by atoms with van der Waals surface area (Å²) in [6, 6.07) is 9.32. The molecule has 0 fully saturated rings. The van der Waals surface area contributed by atoms with E-state index in [1.807, 2.05) is 61.7 Å². The summed E-state index contributed by atoms with van der Waals surface area (Å²) in [5, 5.41) is 3.04. The lowest BCUT2D eigenvalue weighted by Gasteiger charge is -2.17. The molecule has 0 radical (unpaired) electrons. The zero-order chi connectivity index (χ0) is 18.8. The van der Waals surface area contributed by atoms with Gasteiger partial charge in [0.1, 0.15) is 11.3 Å². The summed E-state index contributed by atoms with van der Waals surface area (Å²) in [4.78, 5) is 17.4. The van der Waals surface area contributed by atoms with E-state index in [-0.39, 0.29) is 11.9 Å². The van der Waals surface area contributed by atoms with Crippen molar-refractivity contribution >= 4 is 11.6 Å². The molecule has 2 heterocycles. The zero-order valence-electron chi connectivity index (χ0n) is 15.7. The van der Waals surface area contributed by atoms with Gasteiger partial charge in [-0.2, -0.15) is 0 Å². The van der Waals surface area contributed by atoms with Crippen molar-refractivity contribution in [3.8, 4) is 11.5 Å². The second-order valence-electron chi connectivity index (χ2n) is 6.29. The average Bonchev–Trinajstić information content (AvgIpc) is 2.95. The standard InChI is InChI=1S/C20H23N3O3/c1-12-6-9-18-21-14(3)19(23(18)11-12)20(24)22-13(2)15-7-8-16(25-4)17(10-15)26-5/h6-11,13H,1-5H3,(H,22,24)/t13-/m1/s1. The molecule has 6 heteroatoms. The third-order valence-electron chi connectivity index (χ3n) is 4.41. The van der Waals surface area contributed by atoms with E-state index >= 15 is 0 Å². The Morgan fingerprint density at radius 3 is 2.54 bits per heavy atom. The largest absolute Gasteiger partial charge is 0.493 e. The Morgan fingerprint density at radius 1 is 1.12 bits per heavy atom. The van der Waals surface area contributed by atoms with E-state index < -0.39 is 0 Å². The normalized spacial score (nSPS) is 12.0. The van der Waals surface area contributed by atoms with Gasteiger partial charge in [0.25, 0.3) is 5.91 Å². The average molecular weight is 353 g/mol. The number of fused-ring (bicyclic) bond motifs is 1. The number of carbonyl (C=O) groups is 1. The fourth-order valence-corrected chi connectivity index (χ4v) is 3.01. The first-order valence-electron chi connectivity index (χ1n) is 8.42. The van der Waals surface area contributed by atoms with Crippen molar-refractivity contribution < 1.29 is 14.3 Å². The fourth-order valence-electron chi connectivity index (χ4n) is 3.01. The molecule has 26 heavy (non-hydrogen) atoms. The molecule has 6 nitrogen and oxygen atoms in total. The van der Waals surface area contributed by atoms with Crippen LogP contribution in [-0.2, 0) is 0 Å². The summed E-state index contributed by atoms with van der Waals surface area (Å²) in [5.41, 5.74) is 4.01. The number of nitrogens with one attached hydrogen (secondary N) is 1. The van der Waals surface area contributed by atoms with Crippen molar-refractivity contribution in [3.05, 3.63) is 59.0 Å². The smallest absolute Gasteiger partial charge is 0.270 e. The van der Waals surface area contributed by atoms with E-state index in [1.165, 1.54) is 0 Å². The maximum absolute atomic E-state index is 12.9. The van der Waals surface area contributed by atoms with Gasteiger partial charge in [-0.25, -0.2) is 4.98 Å². The number of ether oxygens (including phenoxy) is 2. The van der Waals surface area contributed by atoms with Crippen molar-refractivity contribution in [1.82, 2.24) is 14.7 Å². The summed E-state index contributed by atoms with van der Waals surface area (Å²) in [5.74, 6) is 1.12. The molecule has 0 aliphatic heterocycles. The van der Waals surface area contributed by atoms with Gasteiger partial charge in [-0.1, -0.05) is 12.1 Å². The lowest BCUT2D eigenvalue weighted by molar-refractivity contribution is 0.0933. The number of carbonyl (C=O) groups excluding carboxylic acids is 1. The van der Waals surface area contributed by atoms with Crippen LogP contribution < -0.4 is 14.8 Å². The highest BCUT2D eigenvalue weighted by atomic mass is 16.5. The minimum Gasteiger partial charge on any atom is -0.493 e. The number of aryl methyl sites for hydroxylation is 2. The molecule has 0 bridgehead atoms. The van der Waals surface area contributed by atoms with Gasteiger partial charge < -0.3 is 14.8 Å². The quantitative estimate of drug-likeness (QED) is 0.763. The van der Waals surface area contributed by atoms with E-state index in [0.717, 1.165) is 16.8 Å². The molecule has 0 aliphatic rings. The monoisotopic (exact) mass is 353 g/mol. The van der Waals surface area contributed by atoms with Crippen LogP contribution in [0.2, 0.25) is 0 Å². The molecule has 0 spiro atoms. The van der Waals surface area contributed by atoms with Gasteiger partial charge in [0.2, 0.25) is 0 Å². The Hall–Kier alpha value is -3.02. The van der Waals surface area contributed by atoms with Crippen molar-refractivity contribution in [1.29, 1.82) is 0 Å². The lowest BCUT2D eigenvalue weighted by Crippen LogP contribution is -2.28. The third kappa shape index (κ3) is 3.22. The van der Waals surface area contributed by atoms with Gasteiger partial charge in [-0.15, -0.1) is 0 Å². The van der Waals surface area contributed by atoms with Crippen LogP contribution in [0.15, 0.2) is 36.5 Å². The Bertz CT molecular complexity index is 962. The molecular weight excluding hydrogens is 330 g/mol. The zero-order valence-corrected chi connectivity index (χ0v) is 15.7. The van der Waals surface area contributed by atoms with Crippen molar-refractivity contribution in [2.45, 2.75) is 26.8 Å². The van der Waals surface area contributed by atoms with Crippen LogP contribution in [0.3, 0.4) is 0 Å². The van der Waals surface area contributed by atoms with Gasteiger partial charge in [-0.3, -0.25) is 9.20 Å². The number of hydrogen-bond acceptors (Lipinski definition) is 4. The highest BCUT2D eigenvalue weighted by molar-refractivity contribution is 5.95. The van der Waals surface area contributed by atoms with E-state index in [9.17, 15) is 4.79 Å². The molecule has 3 rings (SSSR count). The summed E-state index contributed by atoms with van der Waals surface area (Å²) >= 11 is 0. The van der Waals surface area contributed by atoms with Gasteiger partial charge in [0.15, 0.2) is 11.5 Å². The van der Waals surface area contributed by atoms with E-state index in [2.05, 4.69) is 10.3 Å². The summed E-state index contributed by atoms with van der Waals surface area (Å²) in [6.07, 6.45) is 1.92. The second kappa shape index (κ2) is 7.07. The van der Waals surface area contributed by atoms with Gasteiger partial charge in [0.05, 0.1) is 26.0 Å². The van der Waals surface area contributed by atoms with Crippen LogP contribution in [0.5, 0.6) is 11.5 Å². The SMILES string of the molecule is COc1ccc([C@@H](C)NC(=O)c2c(C)nc3ccc(C)cn23)cc1OC. The van der Waals surface area contributed by atoms with E-state index in [0.29, 0.717) is 22.9 Å². The second-order valence-corrected chi connectivity index (χ2v) is 6.29. The number of rotatable bonds is 5. The van der Waals surface area contributed by atoms with Crippen LogP contribution in [0.1, 0.15) is 40.3 Å². The van der Waals surface area contributed by atoms with Gasteiger partial charge >= 0.3 is 0 Å². The molecule has 3 aromatic rings. The minimum absolute atomic E-state index is 0.164. The van der Waals surface area contributed by atoms with E-state index in [1.54, 1.807) is 14.2 Å². The number of imidazole rings is 1. The molecule has 0 unspecified atom stereocenters. The number of methoxy groups -OCH3 is 2. The third-order valence-corrected chi connectivity index (χ3v) is 4.41. The molecule has 136 valence electrons. The Labute approximate surface area is 152 Å². The number of hydrogen-bond donors (Lipinski definition) is 1. The predicted octanol–water partition coefficient (Wildman–Crippen LogP) is 3.46. The van der Waals surface area contributed by atoms with Crippen LogP contribution in [0.25, 0.3) is 5.65 Å². The van der Waals surface area contributed by atoms with E-state index in [4.69, 9.17) is 9.47 Å². The van der Waals surface area contributed by atoms with Gasteiger partial charge in [-0.05, 0) is 50.1 Å². The fraction of sp³-hybridized carbons (Fsp3) is 0.300. The molecule has 1 atom stereocenters. The van der Waals surface area contributed by atoms with Crippen molar-refractivity contribution in [2.75, 3.05) is 14.2 Å². The van der Waals surface area contributed by atoms with Crippen molar-refractivity contribution in [2.24, 2.45) is 0 Å². The summed E-state index contributed by atoms with van der Waals surface area (Å²) in [6.45, 7) is 5.77.